The fourth-order valence-electron chi connectivity index (χ4n) is 2.32. The Hall–Kier alpha value is -2.40. The molecule has 2 aromatic carbocycles. The molecule has 0 saturated heterocycles. The van der Waals surface area contributed by atoms with Crippen molar-refractivity contribution in [1.82, 2.24) is 5.32 Å². The minimum absolute atomic E-state index is 0.137. The van der Waals surface area contributed by atoms with Gasteiger partial charge in [-0.3, -0.25) is 4.79 Å². The first kappa shape index (κ1) is 16.5. The monoisotopic (exact) mass is 387 g/mol. The number of rotatable bonds is 5. The highest BCUT2D eigenvalue weighted by molar-refractivity contribution is 9.10. The van der Waals surface area contributed by atoms with Crippen LogP contribution in [0, 0.1) is 5.82 Å². The van der Waals surface area contributed by atoms with E-state index in [2.05, 4.69) is 21.2 Å². The number of benzene rings is 2. The first-order valence-electron chi connectivity index (χ1n) is 7.46. The van der Waals surface area contributed by atoms with E-state index in [1.807, 2.05) is 36.4 Å². The molecule has 122 valence electrons. The van der Waals surface area contributed by atoms with Gasteiger partial charge in [-0.05, 0) is 42.0 Å². The van der Waals surface area contributed by atoms with Gasteiger partial charge in [0.05, 0.1) is 13.0 Å². The van der Waals surface area contributed by atoms with Crippen LogP contribution in [-0.2, 0) is 17.8 Å². The fourth-order valence-corrected chi connectivity index (χ4v) is 2.59. The van der Waals surface area contributed by atoms with Gasteiger partial charge in [0.15, 0.2) is 0 Å². The number of halogens is 2. The highest BCUT2D eigenvalue weighted by Gasteiger charge is 2.08. The molecule has 1 heterocycles. The van der Waals surface area contributed by atoms with E-state index in [1.165, 1.54) is 12.1 Å². The van der Waals surface area contributed by atoms with E-state index in [-0.39, 0.29) is 18.1 Å². The molecule has 1 N–H and O–H groups in total. The minimum Gasteiger partial charge on any atom is -0.459 e. The zero-order chi connectivity index (χ0) is 16.9. The van der Waals surface area contributed by atoms with Crippen LogP contribution in [0.25, 0.3) is 11.3 Å². The molecule has 0 unspecified atom stereocenters. The Labute approximate surface area is 147 Å². The summed E-state index contributed by atoms with van der Waals surface area (Å²) in [6.07, 6.45) is 0.137. The number of hydrogen-bond donors (Lipinski definition) is 1. The summed E-state index contributed by atoms with van der Waals surface area (Å²) in [6.45, 7) is 0.296. The smallest absolute Gasteiger partial charge is 0.224 e. The molecule has 3 nitrogen and oxygen atoms in total. The van der Waals surface area contributed by atoms with Crippen LogP contribution in [0.3, 0.4) is 0 Å². The number of carbonyl (C=O) groups excluding carboxylic acids is 1. The second-order valence-corrected chi connectivity index (χ2v) is 6.27. The Morgan fingerprint density at radius 1 is 1.08 bits per heavy atom. The van der Waals surface area contributed by atoms with Crippen LogP contribution in [0.5, 0.6) is 0 Å². The molecule has 0 saturated carbocycles. The zero-order valence-electron chi connectivity index (χ0n) is 12.8. The first-order valence-corrected chi connectivity index (χ1v) is 8.25. The van der Waals surface area contributed by atoms with E-state index in [0.29, 0.717) is 17.9 Å². The summed E-state index contributed by atoms with van der Waals surface area (Å²) in [7, 11) is 0. The first-order chi connectivity index (χ1) is 11.6. The van der Waals surface area contributed by atoms with Crippen LogP contribution in [0.1, 0.15) is 11.3 Å². The van der Waals surface area contributed by atoms with Crippen LogP contribution in [0.4, 0.5) is 4.39 Å². The largest absolute Gasteiger partial charge is 0.459 e. The molecule has 3 rings (SSSR count). The Kier molecular flexibility index (Phi) is 5.11. The maximum absolute atomic E-state index is 13.1. The van der Waals surface area contributed by atoms with Gasteiger partial charge < -0.3 is 9.73 Å². The SMILES string of the molecule is O=C(Cc1cccc(F)c1)NCc1ccc(-c2ccc(Br)cc2)o1. The molecule has 0 atom stereocenters. The van der Waals surface area contributed by atoms with Crippen LogP contribution in [-0.4, -0.2) is 5.91 Å². The standard InChI is InChI=1S/C19H15BrFNO2/c20-15-6-4-14(5-7-15)18-9-8-17(24-18)12-22-19(23)11-13-2-1-3-16(21)10-13/h1-10H,11-12H2,(H,22,23). The van der Waals surface area contributed by atoms with Crippen LogP contribution < -0.4 is 5.32 Å². The lowest BCUT2D eigenvalue weighted by Crippen LogP contribution is -2.24. The van der Waals surface area contributed by atoms with Gasteiger partial charge in [-0.1, -0.05) is 40.2 Å². The van der Waals surface area contributed by atoms with Crippen molar-refractivity contribution in [2.75, 3.05) is 0 Å². The Morgan fingerprint density at radius 2 is 1.88 bits per heavy atom. The van der Waals surface area contributed by atoms with Crippen molar-refractivity contribution in [3.05, 3.63) is 82.3 Å². The van der Waals surface area contributed by atoms with E-state index in [1.54, 1.807) is 12.1 Å². The van der Waals surface area contributed by atoms with Crippen molar-refractivity contribution >= 4 is 21.8 Å². The molecule has 0 spiro atoms. The summed E-state index contributed by atoms with van der Waals surface area (Å²) in [5.41, 5.74) is 1.61. The average Bonchev–Trinajstić information content (AvgIpc) is 3.03. The third-order valence-corrected chi connectivity index (χ3v) is 4.03. The van der Waals surface area contributed by atoms with E-state index in [9.17, 15) is 9.18 Å². The number of carbonyl (C=O) groups is 1. The zero-order valence-corrected chi connectivity index (χ0v) is 14.3. The lowest BCUT2D eigenvalue weighted by Gasteiger charge is -2.04. The molecule has 1 amide bonds. The van der Waals surface area contributed by atoms with Gasteiger partial charge >= 0.3 is 0 Å². The molecule has 0 aliphatic heterocycles. The van der Waals surface area contributed by atoms with E-state index in [0.717, 1.165) is 15.8 Å². The van der Waals surface area contributed by atoms with E-state index >= 15 is 0 Å². The molecular weight excluding hydrogens is 373 g/mol. The van der Waals surface area contributed by atoms with Crippen LogP contribution in [0.15, 0.2) is 69.6 Å². The summed E-state index contributed by atoms with van der Waals surface area (Å²) in [6, 6.07) is 17.5. The molecule has 24 heavy (non-hydrogen) atoms. The lowest BCUT2D eigenvalue weighted by molar-refractivity contribution is -0.120. The predicted octanol–water partition coefficient (Wildman–Crippen LogP) is 4.71. The quantitative estimate of drug-likeness (QED) is 0.688. The fraction of sp³-hybridized carbons (Fsp3) is 0.105. The highest BCUT2D eigenvalue weighted by atomic mass is 79.9. The van der Waals surface area contributed by atoms with Gasteiger partial charge in [0.1, 0.15) is 17.3 Å². The number of hydrogen-bond acceptors (Lipinski definition) is 2. The molecule has 3 aromatic rings. The third-order valence-electron chi connectivity index (χ3n) is 3.50. The maximum Gasteiger partial charge on any atom is 0.224 e. The summed E-state index contributed by atoms with van der Waals surface area (Å²) >= 11 is 3.39. The van der Waals surface area contributed by atoms with Crippen molar-refractivity contribution in [3.8, 4) is 11.3 Å². The van der Waals surface area contributed by atoms with Crippen molar-refractivity contribution in [1.29, 1.82) is 0 Å². The van der Waals surface area contributed by atoms with E-state index in [4.69, 9.17) is 4.42 Å². The van der Waals surface area contributed by atoms with Crippen molar-refractivity contribution < 1.29 is 13.6 Å². The van der Waals surface area contributed by atoms with Crippen molar-refractivity contribution in [2.45, 2.75) is 13.0 Å². The topological polar surface area (TPSA) is 42.2 Å². The van der Waals surface area contributed by atoms with Gasteiger partial charge in [0, 0.05) is 10.0 Å². The van der Waals surface area contributed by atoms with Gasteiger partial charge in [0.25, 0.3) is 0 Å². The lowest BCUT2D eigenvalue weighted by atomic mass is 10.1. The number of amides is 1. The van der Waals surface area contributed by atoms with Crippen molar-refractivity contribution in [3.63, 3.8) is 0 Å². The number of nitrogens with one attached hydrogen (secondary N) is 1. The highest BCUT2D eigenvalue weighted by Crippen LogP contribution is 2.23. The Morgan fingerprint density at radius 3 is 2.62 bits per heavy atom. The second-order valence-electron chi connectivity index (χ2n) is 5.36. The Bertz CT molecular complexity index is 843. The van der Waals surface area contributed by atoms with Gasteiger partial charge in [0.2, 0.25) is 5.91 Å². The minimum atomic E-state index is -0.342. The third kappa shape index (κ3) is 4.32. The maximum atomic E-state index is 13.1. The van der Waals surface area contributed by atoms with E-state index < -0.39 is 0 Å². The van der Waals surface area contributed by atoms with Crippen LogP contribution >= 0.6 is 15.9 Å². The van der Waals surface area contributed by atoms with Crippen molar-refractivity contribution in [2.24, 2.45) is 0 Å². The summed E-state index contributed by atoms with van der Waals surface area (Å²) in [4.78, 5) is 11.9. The molecular formula is C19H15BrFNO2. The second kappa shape index (κ2) is 7.45. The summed E-state index contributed by atoms with van der Waals surface area (Å²) < 4.78 is 19.8. The molecule has 5 heteroatoms. The molecule has 0 radical (unpaired) electrons. The molecule has 0 fully saturated rings. The van der Waals surface area contributed by atoms with Crippen LogP contribution in [0.2, 0.25) is 0 Å². The predicted molar refractivity (Wildman–Crippen MR) is 93.8 cm³/mol. The Balaban J connectivity index is 1.57. The normalized spacial score (nSPS) is 10.6. The molecule has 0 bridgehead atoms. The molecule has 0 aliphatic rings. The molecule has 0 aliphatic carbocycles. The molecule has 1 aromatic heterocycles. The van der Waals surface area contributed by atoms with Gasteiger partial charge in [-0.15, -0.1) is 0 Å². The summed E-state index contributed by atoms with van der Waals surface area (Å²) in [5, 5.41) is 2.78. The number of furan rings is 1. The van der Waals surface area contributed by atoms with Gasteiger partial charge in [-0.25, -0.2) is 4.39 Å². The average molecular weight is 388 g/mol. The summed E-state index contributed by atoms with van der Waals surface area (Å²) in [5.74, 6) is 0.894. The van der Waals surface area contributed by atoms with Gasteiger partial charge in [-0.2, -0.15) is 0 Å².